The smallest absolute Gasteiger partial charge is 0.234 e. The second kappa shape index (κ2) is 8.33. The fraction of sp³-hybridized carbons (Fsp3) is 0.176. The van der Waals surface area contributed by atoms with E-state index in [4.69, 9.17) is 0 Å². The quantitative estimate of drug-likeness (QED) is 0.849. The molecule has 6 heteroatoms. The summed E-state index contributed by atoms with van der Waals surface area (Å²) in [5, 5.41) is 5.43. The van der Waals surface area contributed by atoms with E-state index in [1.807, 2.05) is 6.07 Å². The van der Waals surface area contributed by atoms with E-state index in [1.54, 1.807) is 30.3 Å². The van der Waals surface area contributed by atoms with Crippen molar-refractivity contribution < 1.29 is 14.0 Å². The maximum atomic E-state index is 13.0. The van der Waals surface area contributed by atoms with Crippen molar-refractivity contribution in [1.82, 2.24) is 0 Å². The van der Waals surface area contributed by atoms with E-state index in [2.05, 4.69) is 10.6 Å². The fourth-order valence-corrected chi connectivity index (χ4v) is 2.70. The van der Waals surface area contributed by atoms with Gasteiger partial charge in [0.15, 0.2) is 0 Å². The Kier molecular flexibility index (Phi) is 6.17. The first-order valence-corrected chi connectivity index (χ1v) is 8.18. The number of hydrogen-bond acceptors (Lipinski definition) is 3. The second-order valence-electron chi connectivity index (χ2n) is 4.93. The minimum Gasteiger partial charge on any atom is -0.326 e. The third-order valence-corrected chi connectivity index (χ3v) is 3.88. The number of hydrogen-bond donors (Lipinski definition) is 2. The molecule has 0 heterocycles. The number of halogens is 1. The van der Waals surface area contributed by atoms with Crippen molar-refractivity contribution in [3.8, 4) is 0 Å². The molecule has 4 nitrogen and oxygen atoms in total. The van der Waals surface area contributed by atoms with Crippen molar-refractivity contribution in [3.63, 3.8) is 0 Å². The molecule has 0 radical (unpaired) electrons. The molecule has 0 unspecified atom stereocenters. The summed E-state index contributed by atoms with van der Waals surface area (Å²) in [6.07, 6.45) is 0. The Morgan fingerprint density at radius 1 is 1.04 bits per heavy atom. The number of anilines is 2. The van der Waals surface area contributed by atoms with Crippen LogP contribution in [0.2, 0.25) is 0 Å². The zero-order valence-corrected chi connectivity index (χ0v) is 13.5. The molecule has 2 amide bonds. The number of amides is 2. The van der Waals surface area contributed by atoms with Gasteiger partial charge in [-0.2, -0.15) is 0 Å². The lowest BCUT2D eigenvalue weighted by molar-refractivity contribution is -0.114. The minimum atomic E-state index is -0.271. The largest absolute Gasteiger partial charge is 0.326 e. The highest BCUT2D eigenvalue weighted by Gasteiger charge is 2.04. The van der Waals surface area contributed by atoms with E-state index in [1.165, 1.54) is 30.8 Å². The highest BCUT2D eigenvalue weighted by molar-refractivity contribution is 7.99. The molecule has 0 atom stereocenters. The van der Waals surface area contributed by atoms with Crippen molar-refractivity contribution in [2.45, 2.75) is 12.7 Å². The van der Waals surface area contributed by atoms with Crippen molar-refractivity contribution in [2.24, 2.45) is 0 Å². The van der Waals surface area contributed by atoms with Crippen LogP contribution in [0.4, 0.5) is 15.8 Å². The molecule has 0 aliphatic carbocycles. The number of benzene rings is 2. The fourth-order valence-electron chi connectivity index (χ4n) is 1.93. The molecule has 0 bridgehead atoms. The predicted molar refractivity (Wildman–Crippen MR) is 91.9 cm³/mol. The Morgan fingerprint density at radius 3 is 2.30 bits per heavy atom. The van der Waals surface area contributed by atoms with Gasteiger partial charge in [-0.1, -0.05) is 12.1 Å². The average Bonchev–Trinajstić information content (AvgIpc) is 2.49. The second-order valence-corrected chi connectivity index (χ2v) is 5.92. The van der Waals surface area contributed by atoms with Crippen molar-refractivity contribution >= 4 is 35.0 Å². The van der Waals surface area contributed by atoms with Gasteiger partial charge in [0.05, 0.1) is 5.75 Å². The van der Waals surface area contributed by atoms with Crippen molar-refractivity contribution in [3.05, 3.63) is 59.9 Å². The Bertz CT molecular complexity index is 689. The minimum absolute atomic E-state index is 0.126. The summed E-state index contributed by atoms with van der Waals surface area (Å²) in [6, 6.07) is 13.2. The number of nitrogens with one attached hydrogen (secondary N) is 2. The molecule has 2 N–H and O–H groups in total. The number of rotatable bonds is 6. The van der Waals surface area contributed by atoms with Crippen LogP contribution in [0, 0.1) is 5.82 Å². The highest BCUT2D eigenvalue weighted by Crippen LogP contribution is 2.16. The molecule has 2 aromatic carbocycles. The highest BCUT2D eigenvalue weighted by atomic mass is 32.2. The van der Waals surface area contributed by atoms with Crippen LogP contribution in [0.15, 0.2) is 48.5 Å². The summed E-state index contributed by atoms with van der Waals surface area (Å²) in [6.45, 7) is 1.44. The van der Waals surface area contributed by atoms with Gasteiger partial charge in [0.25, 0.3) is 0 Å². The molecule has 2 aromatic rings. The molecular weight excluding hydrogens is 315 g/mol. The third-order valence-electron chi connectivity index (χ3n) is 2.88. The standard InChI is InChI=1S/C17H17FN2O2S/c1-12(21)19-15-5-7-16(8-6-15)20-17(22)11-23-10-13-3-2-4-14(18)9-13/h2-9H,10-11H2,1H3,(H,19,21)(H,20,22). The monoisotopic (exact) mass is 332 g/mol. The molecule has 0 saturated heterocycles. The first-order chi connectivity index (χ1) is 11.0. The van der Waals surface area contributed by atoms with Crippen LogP contribution in [-0.2, 0) is 15.3 Å². The summed E-state index contributed by atoms with van der Waals surface area (Å²) in [4.78, 5) is 22.8. The first-order valence-electron chi connectivity index (χ1n) is 7.02. The Morgan fingerprint density at radius 2 is 1.70 bits per heavy atom. The van der Waals surface area contributed by atoms with E-state index >= 15 is 0 Å². The van der Waals surface area contributed by atoms with Gasteiger partial charge in [-0.15, -0.1) is 11.8 Å². The maximum absolute atomic E-state index is 13.0. The molecule has 120 valence electrons. The number of carbonyl (C=O) groups is 2. The normalized spacial score (nSPS) is 10.2. The maximum Gasteiger partial charge on any atom is 0.234 e. The third kappa shape index (κ3) is 6.12. The van der Waals surface area contributed by atoms with Gasteiger partial charge in [0.2, 0.25) is 11.8 Å². The lowest BCUT2D eigenvalue weighted by Gasteiger charge is -2.07. The SMILES string of the molecule is CC(=O)Nc1ccc(NC(=O)CSCc2cccc(F)c2)cc1. The van der Waals surface area contributed by atoms with Crippen LogP contribution in [0.5, 0.6) is 0 Å². The van der Waals surface area contributed by atoms with Gasteiger partial charge in [0.1, 0.15) is 5.82 Å². The number of thioether (sulfide) groups is 1. The van der Waals surface area contributed by atoms with Gasteiger partial charge in [-0.05, 0) is 42.0 Å². The predicted octanol–water partition coefficient (Wildman–Crippen LogP) is 3.66. The lowest BCUT2D eigenvalue weighted by Crippen LogP contribution is -2.14. The van der Waals surface area contributed by atoms with Gasteiger partial charge in [0, 0.05) is 24.1 Å². The van der Waals surface area contributed by atoms with Crippen LogP contribution in [-0.4, -0.2) is 17.6 Å². The first kappa shape index (κ1) is 17.0. The van der Waals surface area contributed by atoms with Crippen molar-refractivity contribution in [2.75, 3.05) is 16.4 Å². The van der Waals surface area contributed by atoms with E-state index < -0.39 is 0 Å². The summed E-state index contributed by atoms with van der Waals surface area (Å²) in [5.74, 6) is 0.317. The Hall–Kier alpha value is -2.34. The van der Waals surface area contributed by atoms with Gasteiger partial charge in [-0.25, -0.2) is 4.39 Å². The van der Waals surface area contributed by atoms with E-state index in [9.17, 15) is 14.0 Å². The van der Waals surface area contributed by atoms with Crippen LogP contribution in [0.3, 0.4) is 0 Å². The molecule has 0 saturated carbocycles. The molecule has 0 aliphatic rings. The van der Waals surface area contributed by atoms with Gasteiger partial charge in [-0.3, -0.25) is 9.59 Å². The van der Waals surface area contributed by atoms with Crippen LogP contribution >= 0.6 is 11.8 Å². The van der Waals surface area contributed by atoms with Crippen LogP contribution in [0.1, 0.15) is 12.5 Å². The summed E-state index contributed by atoms with van der Waals surface area (Å²) >= 11 is 1.42. The van der Waals surface area contributed by atoms with Crippen molar-refractivity contribution in [1.29, 1.82) is 0 Å². The summed E-state index contributed by atoms with van der Waals surface area (Å²) in [7, 11) is 0. The zero-order chi connectivity index (χ0) is 16.7. The summed E-state index contributed by atoms with van der Waals surface area (Å²) < 4.78 is 13.0. The van der Waals surface area contributed by atoms with Gasteiger partial charge < -0.3 is 10.6 Å². The van der Waals surface area contributed by atoms with E-state index in [-0.39, 0.29) is 23.4 Å². The average molecular weight is 332 g/mol. The topological polar surface area (TPSA) is 58.2 Å². The van der Waals surface area contributed by atoms with Gasteiger partial charge >= 0.3 is 0 Å². The molecule has 0 aliphatic heterocycles. The van der Waals surface area contributed by atoms with E-state index in [0.29, 0.717) is 17.1 Å². The van der Waals surface area contributed by atoms with E-state index in [0.717, 1.165) is 5.56 Å². The van der Waals surface area contributed by atoms with Crippen LogP contribution < -0.4 is 10.6 Å². The molecule has 2 rings (SSSR count). The molecule has 0 fully saturated rings. The Balaban J connectivity index is 1.77. The Labute approximate surface area is 138 Å². The molecule has 0 spiro atoms. The molecule has 0 aromatic heterocycles. The molecule has 23 heavy (non-hydrogen) atoms. The lowest BCUT2D eigenvalue weighted by atomic mass is 10.2. The van der Waals surface area contributed by atoms with Crippen LogP contribution in [0.25, 0.3) is 0 Å². The zero-order valence-electron chi connectivity index (χ0n) is 12.6. The number of carbonyl (C=O) groups excluding carboxylic acids is 2. The summed E-state index contributed by atoms with van der Waals surface area (Å²) in [5.41, 5.74) is 2.19. The molecular formula is C17H17FN2O2S.